The number of carbonyl (C=O) groups is 1. The highest BCUT2D eigenvalue weighted by atomic mass is 79.9. The molecular weight excluding hydrogens is 310 g/mol. The number of amides is 1. The predicted molar refractivity (Wildman–Crippen MR) is 74.5 cm³/mol. The average Bonchev–Trinajstić information content (AvgIpc) is 2.41. The van der Waals surface area contributed by atoms with Crippen LogP contribution in [0.3, 0.4) is 0 Å². The van der Waals surface area contributed by atoms with Gasteiger partial charge in [0.15, 0.2) is 0 Å². The van der Waals surface area contributed by atoms with Gasteiger partial charge in [0.2, 0.25) is 5.91 Å². The highest BCUT2D eigenvalue weighted by molar-refractivity contribution is 9.10. The molecule has 0 unspecified atom stereocenters. The normalized spacial score (nSPS) is 17.5. The van der Waals surface area contributed by atoms with E-state index in [-0.39, 0.29) is 5.91 Å². The molecule has 5 nitrogen and oxygen atoms in total. The predicted octanol–water partition coefficient (Wildman–Crippen LogP) is 1.77. The van der Waals surface area contributed by atoms with Crippen molar-refractivity contribution in [2.45, 2.75) is 18.4 Å². The van der Waals surface area contributed by atoms with Crippen molar-refractivity contribution in [2.75, 3.05) is 18.5 Å². The molecule has 3 N–H and O–H groups in total. The van der Waals surface area contributed by atoms with Crippen LogP contribution in [0.5, 0.6) is 0 Å². The summed E-state index contributed by atoms with van der Waals surface area (Å²) in [4.78, 5) is 12.2. The topological polar surface area (TPSA) is 88.1 Å². The number of ether oxygens (including phenoxy) is 1. The summed E-state index contributed by atoms with van der Waals surface area (Å²) in [6.45, 7) is 0.997. The second-order valence-corrected chi connectivity index (χ2v) is 5.38. The maximum absolute atomic E-state index is 12.2. The molecule has 19 heavy (non-hydrogen) atoms. The summed E-state index contributed by atoms with van der Waals surface area (Å²) in [6.07, 6.45) is 1.01. The van der Waals surface area contributed by atoms with Gasteiger partial charge in [0.25, 0.3) is 0 Å². The summed E-state index contributed by atoms with van der Waals surface area (Å²) < 4.78 is 5.88. The number of anilines is 1. The van der Waals surface area contributed by atoms with Crippen LogP contribution < -0.4 is 11.1 Å². The Balaban J connectivity index is 2.13. The number of nitrogens with one attached hydrogen (secondary N) is 1. The molecule has 0 aromatic heterocycles. The summed E-state index contributed by atoms with van der Waals surface area (Å²) in [5, 5.41) is 11.6. The summed E-state index contributed by atoms with van der Waals surface area (Å²) in [5.74, 6) is -0.221. The Morgan fingerprint density at radius 1 is 1.47 bits per heavy atom. The number of benzene rings is 1. The lowest BCUT2D eigenvalue weighted by molar-refractivity contribution is -0.124. The minimum atomic E-state index is -0.883. The maximum Gasteiger partial charge on any atom is 0.244 e. The highest BCUT2D eigenvalue weighted by Gasteiger charge is 2.36. The molecule has 100 valence electrons. The first-order valence-corrected chi connectivity index (χ1v) is 6.72. The minimum Gasteiger partial charge on any atom is -0.381 e. The Bertz CT molecular complexity index is 533. The molecule has 0 saturated carbocycles. The van der Waals surface area contributed by atoms with Gasteiger partial charge >= 0.3 is 0 Å². The fourth-order valence-electron chi connectivity index (χ4n) is 1.90. The van der Waals surface area contributed by atoms with Crippen LogP contribution in [0.1, 0.15) is 18.4 Å². The second-order valence-electron chi connectivity index (χ2n) is 4.53. The molecule has 1 heterocycles. The monoisotopic (exact) mass is 323 g/mol. The molecule has 0 aliphatic carbocycles. The fraction of sp³-hybridized carbons (Fsp3) is 0.385. The molecule has 1 fully saturated rings. The average molecular weight is 324 g/mol. The van der Waals surface area contributed by atoms with Crippen molar-refractivity contribution >= 4 is 27.5 Å². The van der Waals surface area contributed by atoms with E-state index in [1.807, 2.05) is 6.07 Å². The standard InChI is InChI=1S/C13H14BrN3O2/c14-10-7-9(8-15)1-2-11(10)17-12(18)13(16)3-5-19-6-4-13/h1-2,7H,3-6,16H2,(H,17,18). The molecule has 6 heteroatoms. The van der Waals surface area contributed by atoms with Crippen molar-refractivity contribution < 1.29 is 9.53 Å². The second kappa shape index (κ2) is 5.70. The van der Waals surface area contributed by atoms with Crippen LogP contribution in [0.2, 0.25) is 0 Å². The van der Waals surface area contributed by atoms with Crippen LogP contribution in [0.4, 0.5) is 5.69 Å². The van der Waals surface area contributed by atoms with E-state index in [0.717, 1.165) is 0 Å². The Labute approximate surface area is 119 Å². The Hall–Kier alpha value is -1.42. The van der Waals surface area contributed by atoms with E-state index in [1.165, 1.54) is 0 Å². The maximum atomic E-state index is 12.2. The number of nitrogens with zero attached hydrogens (tertiary/aromatic N) is 1. The fourth-order valence-corrected chi connectivity index (χ4v) is 2.37. The molecule has 1 aliphatic heterocycles. The molecule has 1 amide bonds. The lowest BCUT2D eigenvalue weighted by atomic mass is 9.90. The molecule has 0 atom stereocenters. The molecular formula is C13H14BrN3O2. The lowest BCUT2D eigenvalue weighted by Crippen LogP contribution is -2.54. The van der Waals surface area contributed by atoms with Crippen molar-refractivity contribution in [1.82, 2.24) is 0 Å². The van der Waals surface area contributed by atoms with Gasteiger partial charge in [-0.25, -0.2) is 0 Å². The first-order chi connectivity index (χ1) is 9.05. The number of carbonyl (C=O) groups excluding carboxylic acids is 1. The lowest BCUT2D eigenvalue weighted by Gasteiger charge is -2.31. The van der Waals surface area contributed by atoms with E-state index in [4.69, 9.17) is 15.7 Å². The van der Waals surface area contributed by atoms with Crippen LogP contribution in [0.25, 0.3) is 0 Å². The molecule has 0 bridgehead atoms. The third kappa shape index (κ3) is 3.13. The zero-order valence-corrected chi connectivity index (χ0v) is 11.9. The van der Waals surface area contributed by atoms with Gasteiger partial charge in [-0.1, -0.05) is 0 Å². The molecule has 1 aliphatic rings. The van der Waals surface area contributed by atoms with E-state index < -0.39 is 5.54 Å². The van der Waals surface area contributed by atoms with Crippen molar-refractivity contribution in [3.05, 3.63) is 28.2 Å². The Kier molecular flexibility index (Phi) is 4.20. The minimum absolute atomic E-state index is 0.221. The SMILES string of the molecule is N#Cc1ccc(NC(=O)C2(N)CCOCC2)c(Br)c1. The van der Waals surface area contributed by atoms with Crippen LogP contribution >= 0.6 is 15.9 Å². The van der Waals surface area contributed by atoms with E-state index in [9.17, 15) is 4.79 Å². The quantitative estimate of drug-likeness (QED) is 0.868. The smallest absolute Gasteiger partial charge is 0.244 e. The van der Waals surface area contributed by atoms with Crippen molar-refractivity contribution in [2.24, 2.45) is 5.73 Å². The molecule has 2 rings (SSSR count). The van der Waals surface area contributed by atoms with Gasteiger partial charge in [-0.05, 0) is 47.0 Å². The van der Waals surface area contributed by atoms with E-state index in [1.54, 1.807) is 18.2 Å². The van der Waals surface area contributed by atoms with Gasteiger partial charge < -0.3 is 15.8 Å². The third-order valence-corrected chi connectivity index (χ3v) is 3.84. The molecule has 0 radical (unpaired) electrons. The number of nitriles is 1. The Morgan fingerprint density at radius 2 is 2.16 bits per heavy atom. The zero-order valence-electron chi connectivity index (χ0n) is 10.3. The number of rotatable bonds is 2. The highest BCUT2D eigenvalue weighted by Crippen LogP contribution is 2.26. The molecule has 0 spiro atoms. The van der Waals surface area contributed by atoms with Gasteiger partial charge in [-0.2, -0.15) is 5.26 Å². The van der Waals surface area contributed by atoms with E-state index in [0.29, 0.717) is 41.8 Å². The first kappa shape index (κ1) is 14.0. The molecule has 1 aromatic rings. The molecule has 1 saturated heterocycles. The zero-order chi connectivity index (χ0) is 13.9. The first-order valence-electron chi connectivity index (χ1n) is 5.93. The number of hydrogen-bond acceptors (Lipinski definition) is 4. The Morgan fingerprint density at radius 3 is 2.74 bits per heavy atom. The van der Waals surface area contributed by atoms with Gasteiger partial charge in [-0.15, -0.1) is 0 Å². The summed E-state index contributed by atoms with van der Waals surface area (Å²) in [7, 11) is 0. The third-order valence-electron chi connectivity index (χ3n) is 3.18. The van der Waals surface area contributed by atoms with E-state index in [2.05, 4.69) is 21.2 Å². The van der Waals surface area contributed by atoms with Crippen molar-refractivity contribution in [1.29, 1.82) is 5.26 Å². The van der Waals surface area contributed by atoms with Gasteiger partial charge in [-0.3, -0.25) is 4.79 Å². The van der Waals surface area contributed by atoms with Crippen LogP contribution in [-0.4, -0.2) is 24.7 Å². The summed E-state index contributed by atoms with van der Waals surface area (Å²) in [6, 6.07) is 7.02. The van der Waals surface area contributed by atoms with Gasteiger partial charge in [0, 0.05) is 17.7 Å². The largest absolute Gasteiger partial charge is 0.381 e. The van der Waals surface area contributed by atoms with Crippen LogP contribution in [0.15, 0.2) is 22.7 Å². The number of nitrogens with two attached hydrogens (primary N) is 1. The summed E-state index contributed by atoms with van der Waals surface area (Å²) >= 11 is 3.33. The number of halogens is 1. The van der Waals surface area contributed by atoms with E-state index >= 15 is 0 Å². The van der Waals surface area contributed by atoms with Crippen molar-refractivity contribution in [3.8, 4) is 6.07 Å². The molecule has 1 aromatic carbocycles. The van der Waals surface area contributed by atoms with Crippen LogP contribution in [-0.2, 0) is 9.53 Å². The van der Waals surface area contributed by atoms with Crippen LogP contribution in [0, 0.1) is 11.3 Å². The summed E-state index contributed by atoms with van der Waals surface area (Å²) in [5.41, 5.74) is 6.35. The van der Waals surface area contributed by atoms with Crippen molar-refractivity contribution in [3.63, 3.8) is 0 Å². The number of hydrogen-bond donors (Lipinski definition) is 2. The van der Waals surface area contributed by atoms with Gasteiger partial charge in [0.1, 0.15) is 5.54 Å². The van der Waals surface area contributed by atoms with Gasteiger partial charge in [0.05, 0.1) is 17.3 Å².